The fraction of sp³-hybridized carbons (Fsp3) is 0.360. The van der Waals surface area contributed by atoms with E-state index >= 15 is 0 Å². The zero-order chi connectivity index (χ0) is 22.7. The Hall–Kier alpha value is -3.32. The van der Waals surface area contributed by atoms with Crippen LogP contribution in [0.15, 0.2) is 53.0 Å². The molecule has 0 bridgehead atoms. The molecular formula is C25H27NO6. The number of hydrogen-bond acceptors (Lipinski definition) is 6. The van der Waals surface area contributed by atoms with Gasteiger partial charge in [-0.25, -0.2) is 4.79 Å². The van der Waals surface area contributed by atoms with Gasteiger partial charge < -0.3 is 23.5 Å². The van der Waals surface area contributed by atoms with Crippen LogP contribution < -0.4 is 14.9 Å². The van der Waals surface area contributed by atoms with E-state index in [1.807, 2.05) is 34.9 Å². The van der Waals surface area contributed by atoms with Crippen LogP contribution in [0.3, 0.4) is 0 Å². The normalized spacial score (nSPS) is 15.8. The van der Waals surface area contributed by atoms with E-state index in [4.69, 9.17) is 18.9 Å². The van der Waals surface area contributed by atoms with E-state index < -0.39 is 5.97 Å². The van der Waals surface area contributed by atoms with Gasteiger partial charge in [-0.1, -0.05) is 18.2 Å². The maximum absolute atomic E-state index is 12.8. The fourth-order valence-electron chi connectivity index (χ4n) is 4.07. The molecule has 7 nitrogen and oxygen atoms in total. The molecule has 0 N–H and O–H groups in total. The third-order valence-corrected chi connectivity index (χ3v) is 5.70. The van der Waals surface area contributed by atoms with Crippen molar-refractivity contribution in [1.82, 2.24) is 4.57 Å². The van der Waals surface area contributed by atoms with Gasteiger partial charge in [0.25, 0.3) is 0 Å². The Morgan fingerprint density at radius 1 is 1.16 bits per heavy atom. The third kappa shape index (κ3) is 4.08. The number of carbonyl (C=O) groups excluding carboxylic acids is 1. The Bertz CT molecular complexity index is 1140. The number of hydrogen-bond donors (Lipinski definition) is 0. The maximum atomic E-state index is 12.8. The van der Waals surface area contributed by atoms with Crippen molar-refractivity contribution in [3.8, 4) is 22.8 Å². The van der Waals surface area contributed by atoms with Crippen molar-refractivity contribution in [3.63, 3.8) is 0 Å². The summed E-state index contributed by atoms with van der Waals surface area (Å²) in [5.41, 5.74) is 3.49. The molecule has 0 saturated heterocycles. The molecule has 1 aliphatic heterocycles. The number of allylic oxidation sites excluding steroid dienone is 4. The monoisotopic (exact) mass is 437 g/mol. The van der Waals surface area contributed by atoms with Gasteiger partial charge in [0.15, 0.2) is 16.9 Å². The van der Waals surface area contributed by atoms with E-state index in [1.165, 1.54) is 6.07 Å². The lowest BCUT2D eigenvalue weighted by Gasteiger charge is -2.33. The number of carbonyl (C=O) groups is 1. The van der Waals surface area contributed by atoms with Gasteiger partial charge in [0, 0.05) is 38.0 Å². The second-order valence-corrected chi connectivity index (χ2v) is 7.67. The first kappa shape index (κ1) is 21.9. The van der Waals surface area contributed by atoms with Crippen LogP contribution in [0.5, 0.6) is 11.5 Å². The lowest BCUT2D eigenvalue weighted by atomic mass is 9.86. The number of nitrogens with zero attached hydrogens (tertiary/aromatic N) is 1. The predicted molar refractivity (Wildman–Crippen MR) is 121 cm³/mol. The quantitative estimate of drug-likeness (QED) is 0.440. The Balaban J connectivity index is 1.79. The summed E-state index contributed by atoms with van der Waals surface area (Å²) >= 11 is 0. The summed E-state index contributed by atoms with van der Waals surface area (Å²) in [6, 6.07) is 5.37. The van der Waals surface area contributed by atoms with Crippen LogP contribution in [0.2, 0.25) is 0 Å². The number of esters is 1. The molecule has 0 radical (unpaired) electrons. The minimum absolute atomic E-state index is 0.0361. The molecule has 0 amide bonds. The summed E-state index contributed by atoms with van der Waals surface area (Å²) in [4.78, 5) is 25.1. The molecule has 1 atom stereocenters. The molecule has 168 valence electrons. The summed E-state index contributed by atoms with van der Waals surface area (Å²) in [6.45, 7) is 3.07. The molecule has 2 heterocycles. The molecule has 2 aliphatic rings. The highest BCUT2D eigenvalue weighted by atomic mass is 16.5. The Morgan fingerprint density at radius 3 is 2.62 bits per heavy atom. The van der Waals surface area contributed by atoms with Gasteiger partial charge in [-0.15, -0.1) is 0 Å². The molecule has 1 aromatic carbocycles. The van der Waals surface area contributed by atoms with E-state index in [2.05, 4.69) is 0 Å². The Kier molecular flexibility index (Phi) is 6.46. The fourth-order valence-corrected chi connectivity index (χ4v) is 4.07. The first-order valence-electron chi connectivity index (χ1n) is 10.7. The average Bonchev–Trinajstić information content (AvgIpc) is 2.75. The zero-order valence-electron chi connectivity index (χ0n) is 18.6. The summed E-state index contributed by atoms with van der Waals surface area (Å²) in [5.74, 6) is 0.655. The van der Waals surface area contributed by atoms with Crippen molar-refractivity contribution in [1.29, 1.82) is 0 Å². The molecule has 0 fully saturated rings. The van der Waals surface area contributed by atoms with E-state index in [0.29, 0.717) is 31.1 Å². The first-order valence-corrected chi connectivity index (χ1v) is 10.7. The van der Waals surface area contributed by atoms with Gasteiger partial charge in [0.2, 0.25) is 0 Å². The summed E-state index contributed by atoms with van der Waals surface area (Å²) in [5, 5.41) is 0. The standard InChI is InChI=1S/C25H27NO6/c1-4-31-25(28)19-15-26-20(16-7-5-8-16)11-17-12-24(32-10-6-9-29-2)23(30-3)13-18(17)21(26)14-22(19)27/h5,7-8,12-15,20H,4,6,9-11H2,1-3H3. The lowest BCUT2D eigenvalue weighted by molar-refractivity contribution is 0.0523. The van der Waals surface area contributed by atoms with Gasteiger partial charge >= 0.3 is 5.97 Å². The van der Waals surface area contributed by atoms with E-state index in [9.17, 15) is 9.59 Å². The van der Waals surface area contributed by atoms with Crippen molar-refractivity contribution in [3.05, 3.63) is 69.5 Å². The number of fused-ring (bicyclic) bond motifs is 3. The second-order valence-electron chi connectivity index (χ2n) is 7.67. The zero-order valence-corrected chi connectivity index (χ0v) is 18.6. The van der Waals surface area contributed by atoms with Gasteiger partial charge in [0.1, 0.15) is 5.56 Å². The highest BCUT2D eigenvalue weighted by molar-refractivity contribution is 5.89. The topological polar surface area (TPSA) is 76.0 Å². The highest BCUT2D eigenvalue weighted by Crippen LogP contribution is 2.43. The largest absolute Gasteiger partial charge is 0.493 e. The van der Waals surface area contributed by atoms with Crippen LogP contribution in [0.4, 0.5) is 0 Å². The lowest BCUT2D eigenvalue weighted by Crippen LogP contribution is -2.27. The van der Waals surface area contributed by atoms with Gasteiger partial charge in [-0.3, -0.25) is 4.79 Å². The Morgan fingerprint density at radius 2 is 1.97 bits per heavy atom. The average molecular weight is 437 g/mol. The van der Waals surface area contributed by atoms with Crippen LogP contribution in [0.25, 0.3) is 11.3 Å². The molecule has 1 aliphatic carbocycles. The van der Waals surface area contributed by atoms with Crippen molar-refractivity contribution in [2.24, 2.45) is 0 Å². The van der Waals surface area contributed by atoms with E-state index in [1.54, 1.807) is 27.3 Å². The number of methoxy groups -OCH3 is 2. The number of ether oxygens (including phenoxy) is 4. The number of aromatic nitrogens is 1. The molecule has 2 aromatic rings. The van der Waals surface area contributed by atoms with E-state index in [-0.39, 0.29) is 23.6 Å². The van der Waals surface area contributed by atoms with Crippen LogP contribution >= 0.6 is 0 Å². The maximum Gasteiger partial charge on any atom is 0.343 e. The van der Waals surface area contributed by atoms with E-state index in [0.717, 1.165) is 28.8 Å². The van der Waals surface area contributed by atoms with Crippen molar-refractivity contribution in [2.45, 2.75) is 25.8 Å². The predicted octanol–water partition coefficient (Wildman–Crippen LogP) is 3.71. The first-order chi connectivity index (χ1) is 15.6. The molecule has 32 heavy (non-hydrogen) atoms. The summed E-state index contributed by atoms with van der Waals surface area (Å²) < 4.78 is 23.7. The number of benzene rings is 1. The SMILES string of the molecule is CCOC(=O)c1cn2c(cc1=O)-c1cc(OC)c(OCCCOC)cc1CC2C1=CC=C1. The number of rotatable bonds is 9. The van der Waals surface area contributed by atoms with Crippen molar-refractivity contribution >= 4 is 5.97 Å². The van der Waals surface area contributed by atoms with Crippen molar-refractivity contribution < 1.29 is 23.7 Å². The summed E-state index contributed by atoms with van der Waals surface area (Å²) in [7, 11) is 3.26. The van der Waals surface area contributed by atoms with Crippen LogP contribution in [-0.2, 0) is 15.9 Å². The Labute approximate surface area is 186 Å². The van der Waals surface area contributed by atoms with Crippen LogP contribution in [-0.4, -0.2) is 44.6 Å². The van der Waals surface area contributed by atoms with Gasteiger partial charge in [0.05, 0.1) is 32.1 Å². The second kappa shape index (κ2) is 9.44. The minimum atomic E-state index is -0.604. The van der Waals surface area contributed by atoms with Crippen LogP contribution in [0, 0.1) is 0 Å². The smallest absolute Gasteiger partial charge is 0.343 e. The molecule has 0 spiro atoms. The molecule has 7 heteroatoms. The molecule has 0 saturated carbocycles. The van der Waals surface area contributed by atoms with Crippen LogP contribution in [0.1, 0.15) is 35.3 Å². The molecular weight excluding hydrogens is 410 g/mol. The van der Waals surface area contributed by atoms with Gasteiger partial charge in [-0.05, 0) is 36.6 Å². The molecule has 1 aromatic heterocycles. The summed E-state index contributed by atoms with van der Waals surface area (Å²) in [6.07, 6.45) is 9.17. The third-order valence-electron chi connectivity index (χ3n) is 5.70. The van der Waals surface area contributed by atoms with Crippen molar-refractivity contribution in [2.75, 3.05) is 34.0 Å². The molecule has 4 rings (SSSR count). The number of pyridine rings is 1. The minimum Gasteiger partial charge on any atom is -0.493 e. The highest BCUT2D eigenvalue weighted by Gasteiger charge is 2.30. The molecule has 1 unspecified atom stereocenters. The van der Waals surface area contributed by atoms with Gasteiger partial charge in [-0.2, -0.15) is 0 Å².